The molecule has 1 aromatic carbocycles. The van der Waals surface area contributed by atoms with Crippen molar-refractivity contribution in [3.63, 3.8) is 0 Å². The Morgan fingerprint density at radius 2 is 2.12 bits per heavy atom. The summed E-state index contributed by atoms with van der Waals surface area (Å²) >= 11 is 0. The molecule has 0 radical (unpaired) electrons. The zero-order valence-corrected chi connectivity index (χ0v) is 13.1. The van der Waals surface area contributed by atoms with Crippen LogP contribution in [-0.2, 0) is 4.79 Å². The van der Waals surface area contributed by atoms with Gasteiger partial charge in [-0.2, -0.15) is 5.26 Å². The van der Waals surface area contributed by atoms with Gasteiger partial charge in [-0.05, 0) is 36.2 Å². The minimum Gasteiger partial charge on any atom is -0.329 e. The van der Waals surface area contributed by atoms with Gasteiger partial charge in [0.15, 0.2) is 0 Å². The molecule has 1 saturated heterocycles. The van der Waals surface area contributed by atoms with E-state index in [-0.39, 0.29) is 36.0 Å². The Bertz CT molecular complexity index is 904. The van der Waals surface area contributed by atoms with Crippen LogP contribution in [-0.4, -0.2) is 34.4 Å². The number of halogens is 1. The van der Waals surface area contributed by atoms with Gasteiger partial charge in [-0.1, -0.05) is 6.07 Å². The van der Waals surface area contributed by atoms with E-state index in [1.165, 1.54) is 17.0 Å². The van der Waals surface area contributed by atoms with E-state index in [1.54, 1.807) is 18.3 Å². The number of carbonyl (C=O) groups excluding carboxylic acids is 2. The monoisotopic (exact) mass is 336 g/mol. The summed E-state index contributed by atoms with van der Waals surface area (Å²) in [6.07, 6.45) is 2.43. The lowest BCUT2D eigenvalue weighted by Crippen LogP contribution is -2.33. The van der Waals surface area contributed by atoms with Crippen molar-refractivity contribution in [1.82, 2.24) is 15.2 Å². The van der Waals surface area contributed by atoms with E-state index < -0.39 is 5.82 Å². The molecule has 4 rings (SSSR count). The molecule has 1 N–H and O–H groups in total. The Hall–Kier alpha value is -3.27. The minimum atomic E-state index is -0.558. The standard InChI is InChI=1S/C18H13FN4O2/c19-14-3-1-10(5-12(14)7-20)15-4-2-11(8-21-15)13-6-16(13)23-17(24)9-22-18(23)25/h1-5,8,13,16H,6,9H2,(H,22,25)/t13-,16+/m0/s1. The van der Waals surface area contributed by atoms with Gasteiger partial charge in [0.1, 0.15) is 11.9 Å². The summed E-state index contributed by atoms with van der Waals surface area (Å²) < 4.78 is 13.4. The molecule has 1 saturated carbocycles. The quantitative estimate of drug-likeness (QED) is 0.870. The summed E-state index contributed by atoms with van der Waals surface area (Å²) in [6, 6.07) is 9.34. The molecule has 2 heterocycles. The number of amides is 3. The first-order valence-corrected chi connectivity index (χ1v) is 7.84. The van der Waals surface area contributed by atoms with E-state index in [1.807, 2.05) is 12.1 Å². The zero-order valence-electron chi connectivity index (χ0n) is 13.1. The van der Waals surface area contributed by atoms with Gasteiger partial charge < -0.3 is 5.32 Å². The van der Waals surface area contributed by atoms with Crippen LogP contribution in [0.25, 0.3) is 11.3 Å². The Balaban J connectivity index is 1.53. The van der Waals surface area contributed by atoms with Gasteiger partial charge in [0, 0.05) is 23.7 Å². The van der Waals surface area contributed by atoms with Crippen LogP contribution in [0.5, 0.6) is 0 Å². The Labute approximate surface area is 142 Å². The summed E-state index contributed by atoms with van der Waals surface area (Å²) in [5, 5.41) is 11.4. The average Bonchev–Trinajstić information content (AvgIpc) is 3.34. The van der Waals surface area contributed by atoms with Crippen LogP contribution in [0.2, 0.25) is 0 Å². The molecule has 7 heteroatoms. The summed E-state index contributed by atoms with van der Waals surface area (Å²) in [5.74, 6) is -0.660. The second-order valence-electron chi connectivity index (χ2n) is 6.12. The van der Waals surface area contributed by atoms with Gasteiger partial charge >= 0.3 is 6.03 Å². The largest absolute Gasteiger partial charge is 0.329 e. The molecule has 1 aliphatic heterocycles. The van der Waals surface area contributed by atoms with Gasteiger partial charge in [0.05, 0.1) is 17.8 Å². The van der Waals surface area contributed by atoms with Crippen LogP contribution in [0.3, 0.4) is 0 Å². The molecule has 2 aliphatic rings. The number of benzene rings is 1. The van der Waals surface area contributed by atoms with Gasteiger partial charge in [0.25, 0.3) is 0 Å². The highest BCUT2D eigenvalue weighted by Gasteiger charge is 2.49. The molecule has 0 unspecified atom stereocenters. The van der Waals surface area contributed by atoms with Gasteiger partial charge in [-0.25, -0.2) is 9.18 Å². The lowest BCUT2D eigenvalue weighted by molar-refractivity contribution is -0.125. The van der Waals surface area contributed by atoms with E-state index in [2.05, 4.69) is 10.3 Å². The van der Waals surface area contributed by atoms with Crippen LogP contribution < -0.4 is 5.32 Å². The fourth-order valence-electron chi connectivity index (χ4n) is 3.16. The number of urea groups is 1. The highest BCUT2D eigenvalue weighted by atomic mass is 19.1. The predicted octanol–water partition coefficient (Wildman–Crippen LogP) is 2.17. The lowest BCUT2D eigenvalue weighted by Gasteiger charge is -2.12. The molecule has 2 atom stereocenters. The van der Waals surface area contributed by atoms with Crippen LogP contribution in [0.1, 0.15) is 23.5 Å². The molecule has 1 aromatic heterocycles. The third-order valence-electron chi connectivity index (χ3n) is 4.56. The third-order valence-corrected chi connectivity index (χ3v) is 4.56. The number of hydrogen-bond donors (Lipinski definition) is 1. The molecule has 2 fully saturated rings. The number of hydrogen-bond acceptors (Lipinski definition) is 4. The van der Waals surface area contributed by atoms with E-state index in [4.69, 9.17) is 5.26 Å². The average molecular weight is 336 g/mol. The van der Waals surface area contributed by atoms with Crippen molar-refractivity contribution in [2.24, 2.45) is 0 Å². The van der Waals surface area contributed by atoms with Crippen LogP contribution in [0, 0.1) is 17.1 Å². The van der Waals surface area contributed by atoms with Gasteiger partial charge in [0.2, 0.25) is 5.91 Å². The smallest absolute Gasteiger partial charge is 0.324 e. The molecule has 124 valence electrons. The van der Waals surface area contributed by atoms with Crippen LogP contribution in [0.4, 0.5) is 9.18 Å². The van der Waals surface area contributed by atoms with E-state index in [0.717, 1.165) is 12.0 Å². The molecule has 2 aromatic rings. The van der Waals surface area contributed by atoms with Gasteiger partial charge in [-0.3, -0.25) is 14.7 Å². The number of nitrogens with zero attached hydrogens (tertiary/aromatic N) is 3. The highest BCUT2D eigenvalue weighted by Crippen LogP contribution is 2.45. The molecule has 25 heavy (non-hydrogen) atoms. The first kappa shape index (κ1) is 15.3. The number of nitriles is 1. The number of nitrogens with one attached hydrogen (secondary N) is 1. The van der Waals surface area contributed by atoms with Crippen LogP contribution in [0.15, 0.2) is 36.5 Å². The normalized spacial score (nSPS) is 21.8. The maximum Gasteiger partial charge on any atom is 0.324 e. The molecular formula is C18H13FN4O2. The topological polar surface area (TPSA) is 86.1 Å². The fraction of sp³-hybridized carbons (Fsp3) is 0.222. The Morgan fingerprint density at radius 1 is 1.28 bits per heavy atom. The van der Waals surface area contributed by atoms with Crippen molar-refractivity contribution in [2.45, 2.75) is 18.4 Å². The third kappa shape index (κ3) is 2.62. The summed E-state index contributed by atoms with van der Waals surface area (Å²) in [7, 11) is 0. The van der Waals surface area contributed by atoms with Crippen molar-refractivity contribution in [2.75, 3.05) is 6.54 Å². The van der Waals surface area contributed by atoms with Crippen molar-refractivity contribution in [3.8, 4) is 17.3 Å². The van der Waals surface area contributed by atoms with E-state index in [0.29, 0.717) is 11.3 Å². The lowest BCUT2D eigenvalue weighted by atomic mass is 10.1. The SMILES string of the molecule is N#Cc1cc(-c2ccc([C@@H]3C[C@H]3N3C(=O)CNC3=O)cn2)ccc1F. The fourth-order valence-corrected chi connectivity index (χ4v) is 3.16. The molecule has 6 nitrogen and oxygen atoms in total. The van der Waals surface area contributed by atoms with Crippen molar-refractivity contribution in [1.29, 1.82) is 5.26 Å². The first-order chi connectivity index (χ1) is 12.1. The number of rotatable bonds is 3. The zero-order chi connectivity index (χ0) is 17.6. The van der Waals surface area contributed by atoms with Crippen molar-refractivity contribution in [3.05, 3.63) is 53.5 Å². The first-order valence-electron chi connectivity index (χ1n) is 7.84. The highest BCUT2D eigenvalue weighted by molar-refractivity contribution is 6.02. The maximum absolute atomic E-state index is 13.4. The Morgan fingerprint density at radius 3 is 2.76 bits per heavy atom. The second-order valence-corrected chi connectivity index (χ2v) is 6.12. The number of aromatic nitrogens is 1. The molecule has 1 aliphatic carbocycles. The van der Waals surface area contributed by atoms with E-state index in [9.17, 15) is 14.0 Å². The van der Waals surface area contributed by atoms with E-state index >= 15 is 0 Å². The van der Waals surface area contributed by atoms with Crippen LogP contribution >= 0.6 is 0 Å². The second kappa shape index (κ2) is 5.67. The molecule has 0 spiro atoms. The molecule has 0 bridgehead atoms. The van der Waals surface area contributed by atoms with Crippen molar-refractivity contribution >= 4 is 11.9 Å². The summed E-state index contributed by atoms with van der Waals surface area (Å²) in [4.78, 5) is 29.1. The summed E-state index contributed by atoms with van der Waals surface area (Å²) in [6.45, 7) is 0.0605. The Kier molecular flexibility index (Phi) is 3.46. The number of imide groups is 1. The minimum absolute atomic E-state index is 0.0239. The predicted molar refractivity (Wildman–Crippen MR) is 85.7 cm³/mol. The number of carbonyl (C=O) groups is 2. The summed E-state index contributed by atoms with van der Waals surface area (Å²) in [5.41, 5.74) is 2.21. The van der Waals surface area contributed by atoms with Crippen molar-refractivity contribution < 1.29 is 14.0 Å². The number of pyridine rings is 1. The maximum atomic E-state index is 13.4. The molecular weight excluding hydrogens is 323 g/mol. The molecule has 3 amide bonds. The van der Waals surface area contributed by atoms with Gasteiger partial charge in [-0.15, -0.1) is 0 Å².